The van der Waals surface area contributed by atoms with Crippen molar-refractivity contribution in [1.82, 2.24) is 44.7 Å². The molecular weight excluding hydrogens is 964 g/mol. The van der Waals surface area contributed by atoms with Gasteiger partial charge in [0.1, 0.15) is 41.3 Å². The summed E-state index contributed by atoms with van der Waals surface area (Å²) in [5.41, 5.74) is -0.200. The molecule has 392 valence electrons. The molecule has 8 heterocycles. The van der Waals surface area contributed by atoms with Crippen LogP contribution >= 0.6 is 11.6 Å². The topological polar surface area (TPSA) is 165 Å². The van der Waals surface area contributed by atoms with Crippen molar-refractivity contribution in [2.75, 3.05) is 39.4 Å². The number of carbonyl (C=O) groups is 1. The predicted octanol–water partition coefficient (Wildman–Crippen LogP) is 11.5. The summed E-state index contributed by atoms with van der Waals surface area (Å²) in [5, 5.41) is 15.1. The Morgan fingerprint density at radius 1 is 0.958 bits per heavy atom. The molecule has 16 nitrogen and oxygen atoms in total. The van der Waals surface area contributed by atoms with Crippen LogP contribution in [0.3, 0.4) is 0 Å². The lowest BCUT2D eigenvalue weighted by molar-refractivity contribution is -0.0366. The fraction of sp³-hybridized carbons (Fsp3) is 0.673. The number of aromatic nitrogens is 7. The second-order valence-electron chi connectivity index (χ2n) is 23.8. The van der Waals surface area contributed by atoms with Crippen molar-refractivity contribution in [2.45, 2.75) is 180 Å². The number of rotatable bonds is 13. The third-order valence-corrected chi connectivity index (χ3v) is 19.8. The molecule has 0 N–H and O–H groups in total. The Labute approximate surface area is 427 Å². The number of nitrogens with zero attached hydrogens (tertiary/aromatic N) is 9. The molecule has 4 saturated heterocycles. The number of pyridine rings is 1. The number of piperidine rings is 1. The molecule has 5 aromatic rings. The van der Waals surface area contributed by atoms with Crippen LogP contribution in [0.4, 0.5) is 13.6 Å². The summed E-state index contributed by atoms with van der Waals surface area (Å²) in [6.45, 7) is 25.0. The van der Waals surface area contributed by atoms with E-state index in [2.05, 4.69) is 58.9 Å². The van der Waals surface area contributed by atoms with Gasteiger partial charge in [-0.25, -0.2) is 18.3 Å². The first-order valence-corrected chi connectivity index (χ1v) is 29.0. The quantitative estimate of drug-likeness (QED) is 0.102. The van der Waals surface area contributed by atoms with Gasteiger partial charge in [0, 0.05) is 67.2 Å². The molecule has 2 unspecified atom stereocenters. The maximum absolute atomic E-state index is 17.9. The standard InChI is InChI=1S/C52H72ClF2N9O7Si/c1-49(2,3)69-45-35-26-56-43(41(55)42(35)58-47(59-45)67-30-52-20-15-22-63(52)29-32(54)25-52)40-33(36(53)24-37-34(40)27-57-64(37)39-17-12-13-23-66-39)18-19-38-60-61-46(68-38)44(71-72(10,11)51(7,8)9)31-16-14-21-62(28-31)48(65)70-50(4,5)6/h24,26-27,31-32,39,44H,12-23,25,28-30H2,1-11H3/t31-,32-,39?,44?,52+/m1/s1. The number of ether oxygens (including phenoxy) is 4. The molecule has 0 aliphatic carbocycles. The minimum absolute atomic E-state index is 0.00186. The van der Waals surface area contributed by atoms with Crippen molar-refractivity contribution in [2.24, 2.45) is 5.92 Å². The van der Waals surface area contributed by atoms with Crippen molar-refractivity contribution in [1.29, 1.82) is 0 Å². The summed E-state index contributed by atoms with van der Waals surface area (Å²) in [4.78, 5) is 31.4. The Kier molecular flexibility index (Phi) is 14.5. The lowest BCUT2D eigenvalue weighted by Crippen LogP contribution is -2.47. The highest BCUT2D eigenvalue weighted by Gasteiger charge is 2.50. The molecule has 4 fully saturated rings. The number of likely N-dealkylation sites (tertiary alicyclic amines) is 1. The van der Waals surface area contributed by atoms with E-state index in [1.807, 2.05) is 52.3 Å². The van der Waals surface area contributed by atoms with E-state index < -0.39 is 43.2 Å². The maximum Gasteiger partial charge on any atom is 0.410 e. The average Bonchev–Trinajstić information content (AvgIpc) is 4.10. The Balaban J connectivity index is 1.09. The van der Waals surface area contributed by atoms with Crippen molar-refractivity contribution in [3.05, 3.63) is 46.6 Å². The Morgan fingerprint density at radius 2 is 1.75 bits per heavy atom. The molecular formula is C52H72ClF2N9O7Si. The second-order valence-corrected chi connectivity index (χ2v) is 29.0. The zero-order chi connectivity index (χ0) is 51.5. The molecule has 9 rings (SSSR count). The van der Waals surface area contributed by atoms with Crippen LogP contribution in [0.1, 0.15) is 143 Å². The van der Waals surface area contributed by atoms with Crippen LogP contribution in [0.2, 0.25) is 23.2 Å². The van der Waals surface area contributed by atoms with Crippen molar-refractivity contribution < 1.29 is 41.4 Å². The number of benzene rings is 1. The maximum atomic E-state index is 17.9. The van der Waals surface area contributed by atoms with Gasteiger partial charge in [-0.3, -0.25) is 9.88 Å². The van der Waals surface area contributed by atoms with Gasteiger partial charge in [0.15, 0.2) is 20.4 Å². The summed E-state index contributed by atoms with van der Waals surface area (Å²) in [7, 11) is -2.42. The molecule has 0 bridgehead atoms. The lowest BCUT2D eigenvalue weighted by Gasteiger charge is -2.42. The third-order valence-electron chi connectivity index (χ3n) is 15.0. The first-order chi connectivity index (χ1) is 33.9. The largest absolute Gasteiger partial charge is 0.471 e. The van der Waals surface area contributed by atoms with Gasteiger partial charge in [0.25, 0.3) is 0 Å². The summed E-state index contributed by atoms with van der Waals surface area (Å²) in [6.07, 6.45) is 7.83. The van der Waals surface area contributed by atoms with Gasteiger partial charge < -0.3 is 32.7 Å². The van der Waals surface area contributed by atoms with E-state index in [1.54, 1.807) is 11.1 Å². The Morgan fingerprint density at radius 3 is 2.47 bits per heavy atom. The molecule has 0 spiro atoms. The average molecular weight is 1040 g/mol. The Bertz CT molecular complexity index is 2790. The number of halogens is 3. The fourth-order valence-electron chi connectivity index (χ4n) is 10.4. The number of carbonyl (C=O) groups excluding carboxylic acids is 1. The van der Waals surface area contributed by atoms with Gasteiger partial charge in [-0.15, -0.1) is 10.2 Å². The van der Waals surface area contributed by atoms with Crippen molar-refractivity contribution >= 4 is 47.8 Å². The van der Waals surface area contributed by atoms with Crippen LogP contribution in [0.15, 0.2) is 22.9 Å². The lowest BCUT2D eigenvalue weighted by atomic mass is 9.92. The van der Waals surface area contributed by atoms with Crippen LogP contribution < -0.4 is 9.47 Å². The zero-order valence-corrected chi connectivity index (χ0v) is 45.6. The number of hydrogen-bond acceptors (Lipinski definition) is 14. The molecule has 0 radical (unpaired) electrons. The van der Waals surface area contributed by atoms with Gasteiger partial charge in [-0.1, -0.05) is 32.4 Å². The van der Waals surface area contributed by atoms with Gasteiger partial charge in [-0.2, -0.15) is 15.1 Å². The van der Waals surface area contributed by atoms with E-state index >= 15 is 4.39 Å². The first kappa shape index (κ1) is 52.3. The van der Waals surface area contributed by atoms with Gasteiger partial charge >= 0.3 is 12.1 Å². The molecule has 4 aromatic heterocycles. The van der Waals surface area contributed by atoms with Crippen LogP contribution in [0.5, 0.6) is 11.9 Å². The predicted molar refractivity (Wildman–Crippen MR) is 272 cm³/mol. The van der Waals surface area contributed by atoms with Gasteiger partial charge in [0.2, 0.25) is 17.7 Å². The number of alkyl halides is 1. The van der Waals surface area contributed by atoms with Gasteiger partial charge in [0.05, 0.1) is 22.6 Å². The summed E-state index contributed by atoms with van der Waals surface area (Å²) in [5.74, 6) is -0.0611. The highest BCUT2D eigenvalue weighted by molar-refractivity contribution is 6.74. The number of fused-ring (bicyclic) bond motifs is 3. The zero-order valence-electron chi connectivity index (χ0n) is 43.9. The van der Waals surface area contributed by atoms with E-state index in [1.165, 1.54) is 6.20 Å². The molecule has 72 heavy (non-hydrogen) atoms. The molecule has 1 aromatic carbocycles. The number of amides is 1. The van der Waals surface area contributed by atoms with Crippen LogP contribution in [0.25, 0.3) is 33.1 Å². The molecule has 0 saturated carbocycles. The van der Waals surface area contributed by atoms with Crippen LogP contribution in [-0.2, 0) is 26.7 Å². The van der Waals surface area contributed by atoms with E-state index in [4.69, 9.17) is 49.5 Å². The van der Waals surface area contributed by atoms with Crippen LogP contribution in [0, 0.1) is 11.7 Å². The normalized spacial score (nSPS) is 23.0. The smallest absolute Gasteiger partial charge is 0.410 e. The minimum Gasteiger partial charge on any atom is -0.471 e. The van der Waals surface area contributed by atoms with Crippen molar-refractivity contribution in [3.63, 3.8) is 0 Å². The number of aryl methyl sites for hydroxylation is 1. The van der Waals surface area contributed by atoms with Crippen molar-refractivity contribution in [3.8, 4) is 23.1 Å². The minimum atomic E-state index is -2.42. The fourth-order valence-corrected chi connectivity index (χ4v) is 12.0. The Hall–Kier alpha value is -4.56. The highest BCUT2D eigenvalue weighted by atomic mass is 35.5. The van der Waals surface area contributed by atoms with Crippen LogP contribution in [-0.4, -0.2) is 121 Å². The third kappa shape index (κ3) is 11.0. The summed E-state index contributed by atoms with van der Waals surface area (Å²) < 4.78 is 72.7. The highest BCUT2D eigenvalue weighted by Crippen LogP contribution is 2.46. The SMILES string of the molecule is CC(C)(C)OC(=O)N1CCC[C@@H](C(O[Si](C)(C)C(C)(C)C)c2nnc(CCc3c(Cl)cc4c(cnn4C4CCCCO4)c3-c3ncc4c(OC(C)(C)C)nc(OC[C@@]56CCCN5C[C@H](F)C6)nc4c3F)o2)C1. The molecule has 4 aliphatic rings. The van der Waals surface area contributed by atoms with E-state index in [9.17, 15) is 9.18 Å². The second kappa shape index (κ2) is 19.9. The van der Waals surface area contributed by atoms with E-state index in [0.29, 0.717) is 71.5 Å². The van der Waals surface area contributed by atoms with E-state index in [0.717, 1.165) is 51.5 Å². The first-order valence-electron chi connectivity index (χ1n) is 25.7. The molecule has 5 atom stereocenters. The monoisotopic (exact) mass is 1040 g/mol. The van der Waals surface area contributed by atoms with Gasteiger partial charge in [-0.05, 0) is 129 Å². The molecule has 1 amide bonds. The summed E-state index contributed by atoms with van der Waals surface area (Å²) >= 11 is 7.34. The molecule has 20 heteroatoms. The summed E-state index contributed by atoms with van der Waals surface area (Å²) in [6, 6.07) is 1.77. The number of hydrogen-bond donors (Lipinski definition) is 0. The molecule has 4 aliphatic heterocycles. The van der Waals surface area contributed by atoms with E-state index in [-0.39, 0.29) is 71.2 Å².